The fourth-order valence-electron chi connectivity index (χ4n) is 5.37. The topological polar surface area (TPSA) is 296 Å². The van der Waals surface area contributed by atoms with E-state index >= 15 is 0 Å². The summed E-state index contributed by atoms with van der Waals surface area (Å²) in [5.41, 5.74) is 0.497. The van der Waals surface area contributed by atoms with Gasteiger partial charge in [-0.3, -0.25) is 20.2 Å². The molecule has 276 valence electrons. The van der Waals surface area contributed by atoms with Gasteiger partial charge in [-0.05, 0) is 42.6 Å². The van der Waals surface area contributed by atoms with E-state index in [9.17, 15) is 66.2 Å². The van der Waals surface area contributed by atoms with Crippen molar-refractivity contribution in [3.8, 4) is 0 Å². The van der Waals surface area contributed by atoms with Crippen LogP contribution in [0, 0.1) is 38.0 Å². The number of non-ortho nitro benzene ring substituents is 1. The number of nitro groups is 2. The van der Waals surface area contributed by atoms with E-state index < -0.39 is 83.7 Å². The van der Waals surface area contributed by atoms with Crippen molar-refractivity contribution in [3.05, 3.63) is 43.5 Å². The highest BCUT2D eigenvalue weighted by Crippen LogP contribution is 2.37. The molecule has 1 aromatic carbocycles. The Kier molecular flexibility index (Phi) is 13.6. The lowest BCUT2D eigenvalue weighted by Gasteiger charge is -2.50. The fraction of sp³-hybridized carbons (Fsp3) is 0.800. The number of rotatable bonds is 9. The molecule has 9 N–H and O–H groups in total. The van der Waals surface area contributed by atoms with Crippen LogP contribution < -0.4 is 0 Å². The maximum atomic E-state index is 11.0. The van der Waals surface area contributed by atoms with Gasteiger partial charge >= 0.3 is 0 Å². The van der Waals surface area contributed by atoms with E-state index in [4.69, 9.17) is 14.2 Å². The van der Waals surface area contributed by atoms with Gasteiger partial charge in [-0.1, -0.05) is 41.5 Å². The molecule has 0 aliphatic carbocycles. The minimum Gasteiger partial charge on any atom is -0.393 e. The predicted octanol–water partition coefficient (Wildman–Crippen LogP) is -0.481. The third-order valence-electron chi connectivity index (χ3n) is 8.07. The van der Waals surface area contributed by atoms with Crippen LogP contribution in [0.1, 0.15) is 65.5 Å². The predicted molar refractivity (Wildman–Crippen MR) is 165 cm³/mol. The Morgan fingerprint density at radius 1 is 0.833 bits per heavy atom. The number of nitrogens with zero attached hydrogens (tertiary/aromatic N) is 2. The normalized spacial score (nSPS) is 30.2. The first-order valence-corrected chi connectivity index (χ1v) is 15.3. The van der Waals surface area contributed by atoms with Crippen molar-refractivity contribution in [2.75, 3.05) is 13.2 Å². The standard InChI is InChI=1S/C18H34O12.C12H16N2O4/c1-16(2,3)5-4-8-11(21)14(18(26,27)10(7-20)28-8)30-15-12(22)13(23)17(24,25)9(6-19)29-15;1-8-5-9(13(15)16)6-11(14(17)18)10(8)7-12(2,3)4/h8-15,19-27H,4-7H2,1-3H3;5-6H,7H2,1-4H3/t8-,9?,10?,11?,12?,13+,14+,15+;/m0./s1. The van der Waals surface area contributed by atoms with Crippen molar-refractivity contribution < 1.29 is 70.0 Å². The number of aryl methyl sites for hydroxylation is 1. The van der Waals surface area contributed by atoms with Gasteiger partial charge in [-0.2, -0.15) is 0 Å². The molecule has 18 nitrogen and oxygen atoms in total. The molecule has 2 fully saturated rings. The lowest BCUT2D eigenvalue weighted by atomic mass is 9.84. The number of aliphatic hydroxyl groups excluding tert-OH is 5. The van der Waals surface area contributed by atoms with E-state index in [1.54, 1.807) is 6.92 Å². The first kappa shape index (κ1) is 41.7. The van der Waals surface area contributed by atoms with Gasteiger partial charge in [0.2, 0.25) is 11.6 Å². The largest absolute Gasteiger partial charge is 0.393 e. The average molecular weight is 695 g/mol. The van der Waals surface area contributed by atoms with Gasteiger partial charge in [0.15, 0.2) is 6.29 Å². The molecule has 4 unspecified atom stereocenters. The zero-order valence-corrected chi connectivity index (χ0v) is 28.1. The van der Waals surface area contributed by atoms with Crippen LogP contribution in [0.2, 0.25) is 0 Å². The number of aliphatic hydroxyl groups is 9. The Balaban J connectivity index is 0.000000379. The van der Waals surface area contributed by atoms with E-state index in [0.29, 0.717) is 24.0 Å². The Morgan fingerprint density at radius 3 is 1.83 bits per heavy atom. The van der Waals surface area contributed by atoms with Gasteiger partial charge in [0, 0.05) is 11.6 Å². The second kappa shape index (κ2) is 15.6. The molecule has 2 aliphatic heterocycles. The Labute approximate surface area is 277 Å². The summed E-state index contributed by atoms with van der Waals surface area (Å²) in [5.74, 6) is -5.91. The summed E-state index contributed by atoms with van der Waals surface area (Å²) in [6.07, 6.45) is -12.6. The van der Waals surface area contributed by atoms with Crippen molar-refractivity contribution in [1.29, 1.82) is 0 Å². The zero-order valence-electron chi connectivity index (χ0n) is 28.1. The van der Waals surface area contributed by atoms with Crippen molar-refractivity contribution in [3.63, 3.8) is 0 Å². The van der Waals surface area contributed by atoms with Crippen LogP contribution in [0.3, 0.4) is 0 Å². The molecular weight excluding hydrogens is 644 g/mol. The number of benzene rings is 1. The minimum absolute atomic E-state index is 0.119. The summed E-state index contributed by atoms with van der Waals surface area (Å²) in [7, 11) is 0. The van der Waals surface area contributed by atoms with Crippen molar-refractivity contribution >= 4 is 11.4 Å². The number of ether oxygens (including phenoxy) is 3. The molecule has 0 radical (unpaired) electrons. The smallest absolute Gasteiger partial charge is 0.279 e. The Bertz CT molecular complexity index is 1260. The molecule has 0 bridgehead atoms. The molecule has 0 aromatic heterocycles. The van der Waals surface area contributed by atoms with Crippen LogP contribution in [-0.2, 0) is 20.6 Å². The van der Waals surface area contributed by atoms with Crippen LogP contribution in [-0.4, -0.2) is 130 Å². The summed E-state index contributed by atoms with van der Waals surface area (Å²) >= 11 is 0. The third-order valence-corrected chi connectivity index (χ3v) is 8.07. The van der Waals surface area contributed by atoms with Crippen LogP contribution in [0.25, 0.3) is 0 Å². The highest BCUT2D eigenvalue weighted by atomic mass is 16.7. The van der Waals surface area contributed by atoms with Crippen LogP contribution in [0.4, 0.5) is 11.4 Å². The molecule has 0 amide bonds. The summed E-state index contributed by atoms with van der Waals surface area (Å²) in [6.45, 7) is 11.7. The van der Waals surface area contributed by atoms with Crippen molar-refractivity contribution in [2.45, 2.75) is 128 Å². The molecule has 0 saturated carbocycles. The SMILES string of the molecule is CC(C)(C)CC[C@@H]1OC(CO)C(O)(O)[C@H](O[C@H]2OC(CO)C(O)(O)[C@H](O)C2O)C1O.Cc1cc([N+](=O)[O-])cc([N+](=O)[O-])c1CC(C)(C)C. The van der Waals surface area contributed by atoms with E-state index in [-0.39, 0.29) is 28.6 Å². The quantitative estimate of drug-likeness (QED) is 0.0896. The molecule has 0 spiro atoms. The second-order valence-corrected chi connectivity index (χ2v) is 14.7. The van der Waals surface area contributed by atoms with Gasteiger partial charge in [-0.25, -0.2) is 0 Å². The maximum Gasteiger partial charge on any atom is 0.279 e. The summed E-state index contributed by atoms with van der Waals surface area (Å²) in [5, 5.41) is 112. The van der Waals surface area contributed by atoms with Gasteiger partial charge in [0.25, 0.3) is 11.4 Å². The molecular formula is C30H50N2O16. The molecule has 2 saturated heterocycles. The van der Waals surface area contributed by atoms with Crippen molar-refractivity contribution in [2.24, 2.45) is 10.8 Å². The summed E-state index contributed by atoms with van der Waals surface area (Å²) < 4.78 is 15.9. The van der Waals surface area contributed by atoms with Crippen LogP contribution >= 0.6 is 0 Å². The number of nitro benzene ring substituents is 2. The van der Waals surface area contributed by atoms with E-state index in [1.165, 1.54) is 6.07 Å². The third kappa shape index (κ3) is 10.1. The van der Waals surface area contributed by atoms with Crippen LogP contribution in [0.5, 0.6) is 0 Å². The van der Waals surface area contributed by atoms with Gasteiger partial charge < -0.3 is 60.2 Å². The fourth-order valence-corrected chi connectivity index (χ4v) is 5.37. The van der Waals surface area contributed by atoms with E-state index in [2.05, 4.69) is 0 Å². The summed E-state index contributed by atoms with van der Waals surface area (Å²) in [4.78, 5) is 20.6. The van der Waals surface area contributed by atoms with Crippen LogP contribution in [0.15, 0.2) is 12.1 Å². The zero-order chi connectivity index (χ0) is 37.2. The minimum atomic E-state index is -3.00. The maximum absolute atomic E-state index is 11.0. The highest BCUT2D eigenvalue weighted by Gasteiger charge is 2.59. The van der Waals surface area contributed by atoms with E-state index in [0.717, 1.165) is 6.07 Å². The first-order chi connectivity index (χ1) is 21.8. The monoisotopic (exact) mass is 694 g/mol. The molecule has 8 atom stereocenters. The van der Waals surface area contributed by atoms with Gasteiger partial charge in [0.1, 0.15) is 36.6 Å². The molecule has 18 heteroatoms. The van der Waals surface area contributed by atoms with Crippen molar-refractivity contribution in [1.82, 2.24) is 0 Å². The molecule has 2 aliphatic rings. The number of hydrogen-bond donors (Lipinski definition) is 9. The lowest BCUT2D eigenvalue weighted by molar-refractivity contribution is -0.424. The molecule has 2 heterocycles. The second-order valence-electron chi connectivity index (χ2n) is 14.7. The number of hydrogen-bond acceptors (Lipinski definition) is 16. The molecule has 3 rings (SSSR count). The Hall–Kier alpha value is -2.46. The highest BCUT2D eigenvalue weighted by molar-refractivity contribution is 5.53. The average Bonchev–Trinajstić information content (AvgIpc) is 2.94. The molecule has 1 aromatic rings. The van der Waals surface area contributed by atoms with Gasteiger partial charge in [0.05, 0.1) is 35.2 Å². The van der Waals surface area contributed by atoms with E-state index in [1.807, 2.05) is 41.5 Å². The first-order valence-electron chi connectivity index (χ1n) is 15.3. The lowest BCUT2D eigenvalue weighted by Crippen LogP contribution is -2.71. The molecule has 48 heavy (non-hydrogen) atoms. The summed E-state index contributed by atoms with van der Waals surface area (Å²) in [6, 6.07) is 2.42. The Morgan fingerprint density at radius 2 is 1.38 bits per heavy atom. The van der Waals surface area contributed by atoms with Gasteiger partial charge in [-0.15, -0.1) is 0 Å².